The molecule has 1 saturated heterocycles. The summed E-state index contributed by atoms with van der Waals surface area (Å²) in [6.07, 6.45) is 2.54. The van der Waals surface area contributed by atoms with Crippen LogP contribution in [-0.4, -0.2) is 54.3 Å². The summed E-state index contributed by atoms with van der Waals surface area (Å²) in [5.74, 6) is 0.743. The summed E-state index contributed by atoms with van der Waals surface area (Å²) >= 11 is 7.43. The highest BCUT2D eigenvalue weighted by atomic mass is 35.5. The van der Waals surface area contributed by atoms with E-state index in [-0.39, 0.29) is 12.5 Å². The molecule has 2 aromatic rings. The van der Waals surface area contributed by atoms with Crippen molar-refractivity contribution >= 4 is 28.8 Å². The summed E-state index contributed by atoms with van der Waals surface area (Å²) in [7, 11) is 1.52. The molecule has 8 heteroatoms. The van der Waals surface area contributed by atoms with E-state index in [2.05, 4.69) is 4.98 Å². The molecule has 1 aromatic heterocycles. The fourth-order valence-corrected chi connectivity index (χ4v) is 4.76. The average Bonchev–Trinajstić information content (AvgIpc) is 2.95. The van der Waals surface area contributed by atoms with Crippen molar-refractivity contribution in [2.24, 2.45) is 0 Å². The van der Waals surface area contributed by atoms with Crippen LogP contribution in [0.25, 0.3) is 0 Å². The van der Waals surface area contributed by atoms with Gasteiger partial charge in [0.2, 0.25) is 5.91 Å². The number of hydrogen-bond donors (Lipinski definition) is 1. The maximum absolute atomic E-state index is 12.1. The van der Waals surface area contributed by atoms with E-state index in [4.69, 9.17) is 21.1 Å². The zero-order chi connectivity index (χ0) is 20.9. The second kappa shape index (κ2) is 9.89. The van der Waals surface area contributed by atoms with E-state index in [0.717, 1.165) is 34.2 Å². The molecule has 1 aliphatic rings. The second-order valence-electron chi connectivity index (χ2n) is 7.28. The topological polar surface area (TPSA) is 71.9 Å². The van der Waals surface area contributed by atoms with Crippen LogP contribution in [0.3, 0.4) is 0 Å². The molecule has 1 amide bonds. The molecular formula is C21H27ClN2O4S. The molecule has 1 fully saturated rings. The maximum atomic E-state index is 12.1. The normalized spacial score (nSPS) is 19.8. The van der Waals surface area contributed by atoms with Crippen LogP contribution in [0.5, 0.6) is 5.75 Å². The first-order valence-corrected chi connectivity index (χ1v) is 10.9. The number of ether oxygens (including phenoxy) is 2. The molecule has 1 aliphatic heterocycles. The molecule has 1 N–H and O–H groups in total. The zero-order valence-corrected chi connectivity index (χ0v) is 18.4. The number of methoxy groups -OCH3 is 1. The van der Waals surface area contributed by atoms with Crippen LogP contribution >= 0.6 is 22.9 Å². The van der Waals surface area contributed by atoms with Gasteiger partial charge >= 0.3 is 0 Å². The lowest BCUT2D eigenvalue weighted by molar-refractivity contribution is -0.135. The van der Waals surface area contributed by atoms with Crippen LogP contribution in [0.1, 0.15) is 34.8 Å². The first-order valence-electron chi connectivity index (χ1n) is 9.75. The highest BCUT2D eigenvalue weighted by molar-refractivity contribution is 7.11. The Bertz CT molecular complexity index is 827. The van der Waals surface area contributed by atoms with E-state index in [9.17, 15) is 9.90 Å². The number of carbonyl (C=O) groups excluding carboxylic acids is 1. The van der Waals surface area contributed by atoms with Gasteiger partial charge in [-0.25, -0.2) is 4.98 Å². The predicted octanol–water partition coefficient (Wildman–Crippen LogP) is 3.57. The fraction of sp³-hybridized carbons (Fsp3) is 0.524. The van der Waals surface area contributed by atoms with Gasteiger partial charge in [-0.3, -0.25) is 4.79 Å². The molecule has 29 heavy (non-hydrogen) atoms. The number of hydrogen-bond acceptors (Lipinski definition) is 6. The minimum absolute atomic E-state index is 0.0351. The highest BCUT2D eigenvalue weighted by Crippen LogP contribution is 2.36. The van der Waals surface area contributed by atoms with E-state index in [0.29, 0.717) is 37.6 Å². The Morgan fingerprint density at radius 2 is 2.07 bits per heavy atom. The molecule has 0 radical (unpaired) electrons. The SMILES string of the molecule is COCC(=O)N1CCC[C@](O)(c2nc(C)c(CCOc3ccc(Cl)cc3)s2)CC1. The smallest absolute Gasteiger partial charge is 0.248 e. The summed E-state index contributed by atoms with van der Waals surface area (Å²) in [5.41, 5.74) is -0.0676. The van der Waals surface area contributed by atoms with Gasteiger partial charge in [-0.2, -0.15) is 0 Å². The highest BCUT2D eigenvalue weighted by Gasteiger charge is 2.36. The van der Waals surface area contributed by atoms with Gasteiger partial charge < -0.3 is 19.5 Å². The van der Waals surface area contributed by atoms with E-state index in [1.54, 1.807) is 28.4 Å². The van der Waals surface area contributed by atoms with Crippen LogP contribution < -0.4 is 4.74 Å². The first-order chi connectivity index (χ1) is 13.9. The summed E-state index contributed by atoms with van der Waals surface area (Å²) in [6, 6.07) is 7.29. The quantitative estimate of drug-likeness (QED) is 0.715. The van der Waals surface area contributed by atoms with Crippen molar-refractivity contribution in [3.8, 4) is 5.75 Å². The molecule has 0 saturated carbocycles. The van der Waals surface area contributed by atoms with Gasteiger partial charge in [0.05, 0.1) is 12.3 Å². The molecular weight excluding hydrogens is 412 g/mol. The Balaban J connectivity index is 1.60. The molecule has 158 valence electrons. The number of rotatable bonds is 7. The Kier molecular flexibility index (Phi) is 7.51. The van der Waals surface area contributed by atoms with Crippen LogP contribution in [0, 0.1) is 6.92 Å². The Morgan fingerprint density at radius 1 is 1.31 bits per heavy atom. The number of halogens is 1. The number of aryl methyl sites for hydroxylation is 1. The number of amides is 1. The maximum Gasteiger partial charge on any atom is 0.248 e. The van der Waals surface area contributed by atoms with Crippen molar-refractivity contribution in [1.82, 2.24) is 9.88 Å². The van der Waals surface area contributed by atoms with Gasteiger partial charge in [0.15, 0.2) is 0 Å². The predicted molar refractivity (Wildman–Crippen MR) is 114 cm³/mol. The van der Waals surface area contributed by atoms with Gasteiger partial charge in [0.1, 0.15) is 23.0 Å². The summed E-state index contributed by atoms with van der Waals surface area (Å²) in [5, 5.41) is 12.7. The molecule has 3 rings (SSSR count). The molecule has 0 aliphatic carbocycles. The average molecular weight is 439 g/mol. The minimum Gasteiger partial charge on any atom is -0.493 e. The molecule has 1 aromatic carbocycles. The lowest BCUT2D eigenvalue weighted by Crippen LogP contribution is -2.35. The Labute approximate surface area is 180 Å². The number of aliphatic hydroxyl groups is 1. The molecule has 2 heterocycles. The first kappa shape index (κ1) is 22.0. The molecule has 0 unspecified atom stereocenters. The van der Waals surface area contributed by atoms with Crippen molar-refractivity contribution in [2.45, 2.75) is 38.2 Å². The van der Waals surface area contributed by atoms with Crippen LogP contribution in [0.4, 0.5) is 0 Å². The summed E-state index contributed by atoms with van der Waals surface area (Å²) in [6.45, 7) is 3.71. The summed E-state index contributed by atoms with van der Waals surface area (Å²) < 4.78 is 10.7. The third-order valence-corrected chi connectivity index (χ3v) is 6.80. The standard InChI is InChI=1S/C21H27ClN2O4S/c1-15-18(8-13-28-17-6-4-16(22)5-7-17)29-20(23-15)21(26)9-3-11-24(12-10-21)19(25)14-27-2/h4-7,26H,3,8-14H2,1-2H3/t21-/m1/s1. The van der Waals surface area contributed by atoms with E-state index < -0.39 is 5.60 Å². The molecule has 0 bridgehead atoms. The van der Waals surface area contributed by atoms with Gasteiger partial charge in [-0.05, 0) is 44.0 Å². The van der Waals surface area contributed by atoms with Gasteiger partial charge in [-0.1, -0.05) is 11.6 Å². The van der Waals surface area contributed by atoms with Crippen molar-refractivity contribution < 1.29 is 19.4 Å². The van der Waals surface area contributed by atoms with Crippen molar-refractivity contribution in [1.29, 1.82) is 0 Å². The fourth-order valence-electron chi connectivity index (χ4n) is 3.45. The number of likely N-dealkylation sites (tertiary alicyclic amines) is 1. The van der Waals surface area contributed by atoms with Crippen LogP contribution in [0.15, 0.2) is 24.3 Å². The lowest BCUT2D eigenvalue weighted by atomic mass is 9.96. The van der Waals surface area contributed by atoms with E-state index in [1.165, 1.54) is 7.11 Å². The lowest BCUT2D eigenvalue weighted by Gasteiger charge is -2.24. The van der Waals surface area contributed by atoms with Crippen molar-refractivity contribution in [2.75, 3.05) is 33.4 Å². The minimum atomic E-state index is -0.993. The number of aromatic nitrogens is 1. The zero-order valence-electron chi connectivity index (χ0n) is 16.8. The van der Waals surface area contributed by atoms with Crippen LogP contribution in [0.2, 0.25) is 5.02 Å². The summed E-state index contributed by atoms with van der Waals surface area (Å²) in [4.78, 5) is 19.6. The Hall–Kier alpha value is -1.67. The number of nitrogens with zero attached hydrogens (tertiary/aromatic N) is 2. The monoisotopic (exact) mass is 438 g/mol. The molecule has 0 spiro atoms. The van der Waals surface area contributed by atoms with Gasteiger partial charge in [0.25, 0.3) is 0 Å². The third-order valence-electron chi connectivity index (χ3n) is 5.14. The largest absolute Gasteiger partial charge is 0.493 e. The Morgan fingerprint density at radius 3 is 2.79 bits per heavy atom. The van der Waals surface area contributed by atoms with E-state index >= 15 is 0 Å². The van der Waals surface area contributed by atoms with Gasteiger partial charge in [-0.15, -0.1) is 11.3 Å². The number of thiazole rings is 1. The van der Waals surface area contributed by atoms with Crippen molar-refractivity contribution in [3.63, 3.8) is 0 Å². The molecule has 6 nitrogen and oxygen atoms in total. The second-order valence-corrected chi connectivity index (χ2v) is 8.80. The number of benzene rings is 1. The van der Waals surface area contributed by atoms with E-state index in [1.807, 2.05) is 19.1 Å². The third kappa shape index (κ3) is 5.69. The van der Waals surface area contributed by atoms with Crippen LogP contribution in [-0.2, 0) is 21.6 Å². The van der Waals surface area contributed by atoms with Crippen molar-refractivity contribution in [3.05, 3.63) is 44.9 Å². The van der Waals surface area contributed by atoms with Gasteiger partial charge in [0, 0.05) is 42.9 Å². The molecule has 1 atom stereocenters. The number of carbonyl (C=O) groups is 1.